The molecular weight excluding hydrogens is 330 g/mol. The molecule has 2 N–H and O–H groups in total. The lowest BCUT2D eigenvalue weighted by Gasteiger charge is -2.08. The van der Waals surface area contributed by atoms with Crippen LogP contribution in [0.3, 0.4) is 0 Å². The maximum Gasteiger partial charge on any atom is 0.328 e. The van der Waals surface area contributed by atoms with Gasteiger partial charge in [-0.05, 0) is 19.1 Å². The number of hydrogen-bond donors (Lipinski definition) is 2. The largest absolute Gasteiger partial charge is 0.454 e. The number of H-pyrrole nitrogens is 1. The Morgan fingerprint density at radius 3 is 2.64 bits per heavy atom. The van der Waals surface area contributed by atoms with Crippen molar-refractivity contribution in [2.45, 2.75) is 13.5 Å². The molecule has 0 aliphatic heterocycles. The molecule has 130 valence electrons. The Labute approximate surface area is 141 Å². The number of Topliss-reactive ketones (excluding diaryl/α,β-unsaturated/α-hetero) is 1. The van der Waals surface area contributed by atoms with Crippen LogP contribution in [0.5, 0.6) is 0 Å². The van der Waals surface area contributed by atoms with Crippen molar-refractivity contribution < 1.29 is 19.1 Å². The Balaban J connectivity index is 1.88. The first kappa shape index (κ1) is 17.9. The second kappa shape index (κ2) is 7.86. The van der Waals surface area contributed by atoms with E-state index in [1.807, 2.05) is 4.98 Å². The van der Waals surface area contributed by atoms with E-state index in [1.165, 1.54) is 13.0 Å². The number of anilines is 1. The summed E-state index contributed by atoms with van der Waals surface area (Å²) in [6, 6.07) is 7.40. The smallest absolute Gasteiger partial charge is 0.328 e. The van der Waals surface area contributed by atoms with Gasteiger partial charge < -0.3 is 10.1 Å². The standard InChI is InChI=1S/C16H15N3O6/c1-10(20)11-3-2-4-12(7-11)17-14(22)9-25-15(23)8-19-6-5-13(21)18-16(19)24/h2-7H,8-9H2,1H3,(H,17,22)(H,18,21,24). The fraction of sp³-hybridized carbons (Fsp3) is 0.188. The molecule has 1 aromatic heterocycles. The van der Waals surface area contributed by atoms with Crippen molar-refractivity contribution in [2.75, 3.05) is 11.9 Å². The lowest BCUT2D eigenvalue weighted by Crippen LogP contribution is -2.32. The predicted octanol–water partition coefficient (Wildman–Crippen LogP) is -0.0789. The SMILES string of the molecule is CC(=O)c1cccc(NC(=O)COC(=O)Cn2ccc(=O)[nH]c2=O)c1. The quantitative estimate of drug-likeness (QED) is 0.557. The molecule has 0 spiro atoms. The van der Waals surface area contributed by atoms with E-state index < -0.39 is 36.3 Å². The Morgan fingerprint density at radius 1 is 1.20 bits per heavy atom. The van der Waals surface area contributed by atoms with E-state index in [1.54, 1.807) is 18.2 Å². The fourth-order valence-corrected chi connectivity index (χ4v) is 1.91. The normalized spacial score (nSPS) is 10.1. The number of ketones is 1. The van der Waals surface area contributed by atoms with Crippen molar-refractivity contribution in [2.24, 2.45) is 0 Å². The molecule has 0 fully saturated rings. The van der Waals surface area contributed by atoms with Crippen LogP contribution in [0, 0.1) is 0 Å². The van der Waals surface area contributed by atoms with E-state index in [2.05, 4.69) is 5.32 Å². The molecule has 2 aromatic rings. The summed E-state index contributed by atoms with van der Waals surface area (Å²) in [6.45, 7) is 0.408. The third-order valence-corrected chi connectivity index (χ3v) is 3.11. The van der Waals surface area contributed by atoms with Crippen LogP contribution in [0.1, 0.15) is 17.3 Å². The number of aromatic amines is 1. The van der Waals surface area contributed by atoms with Gasteiger partial charge in [-0.15, -0.1) is 0 Å². The average Bonchev–Trinajstić information content (AvgIpc) is 2.56. The maximum atomic E-state index is 11.8. The number of nitrogens with zero attached hydrogens (tertiary/aromatic N) is 1. The van der Waals surface area contributed by atoms with Crippen LogP contribution in [-0.4, -0.2) is 33.8 Å². The zero-order valence-corrected chi connectivity index (χ0v) is 13.3. The van der Waals surface area contributed by atoms with Crippen LogP contribution in [0.25, 0.3) is 0 Å². The van der Waals surface area contributed by atoms with E-state index in [0.717, 1.165) is 16.8 Å². The Kier molecular flexibility index (Phi) is 5.62. The number of hydrogen-bond acceptors (Lipinski definition) is 6. The first-order chi connectivity index (χ1) is 11.8. The van der Waals surface area contributed by atoms with Crippen LogP contribution in [0.4, 0.5) is 5.69 Å². The van der Waals surface area contributed by atoms with Crippen LogP contribution >= 0.6 is 0 Å². The van der Waals surface area contributed by atoms with Gasteiger partial charge in [-0.1, -0.05) is 12.1 Å². The predicted molar refractivity (Wildman–Crippen MR) is 87.4 cm³/mol. The Hall–Kier alpha value is -3.49. The minimum Gasteiger partial charge on any atom is -0.454 e. The number of ether oxygens (including phenoxy) is 1. The molecule has 2 rings (SSSR count). The fourth-order valence-electron chi connectivity index (χ4n) is 1.91. The third-order valence-electron chi connectivity index (χ3n) is 3.11. The second-order valence-corrected chi connectivity index (χ2v) is 5.08. The minimum absolute atomic E-state index is 0.145. The monoisotopic (exact) mass is 345 g/mol. The van der Waals surface area contributed by atoms with Crippen molar-refractivity contribution >= 4 is 23.3 Å². The molecule has 0 saturated carbocycles. The number of benzene rings is 1. The molecule has 1 heterocycles. The zero-order valence-electron chi connectivity index (χ0n) is 13.3. The number of amides is 1. The summed E-state index contributed by atoms with van der Waals surface area (Å²) in [5.74, 6) is -1.56. The number of aromatic nitrogens is 2. The van der Waals surface area contributed by atoms with Crippen LogP contribution < -0.4 is 16.6 Å². The summed E-state index contributed by atoms with van der Waals surface area (Å²) in [5.41, 5.74) is -0.505. The number of nitrogens with one attached hydrogen (secondary N) is 2. The molecule has 0 aliphatic rings. The highest BCUT2D eigenvalue weighted by Gasteiger charge is 2.10. The number of esters is 1. The summed E-state index contributed by atoms with van der Waals surface area (Å²) in [4.78, 5) is 59.1. The molecule has 9 nitrogen and oxygen atoms in total. The first-order valence-electron chi connectivity index (χ1n) is 7.21. The lowest BCUT2D eigenvalue weighted by molar-refractivity contribution is -0.148. The van der Waals surface area contributed by atoms with E-state index in [0.29, 0.717) is 11.3 Å². The number of rotatable bonds is 6. The molecule has 25 heavy (non-hydrogen) atoms. The number of carbonyl (C=O) groups excluding carboxylic acids is 3. The van der Waals surface area contributed by atoms with Crippen LogP contribution in [0.15, 0.2) is 46.1 Å². The molecule has 0 aliphatic carbocycles. The molecule has 0 radical (unpaired) electrons. The highest BCUT2D eigenvalue weighted by molar-refractivity contribution is 5.97. The summed E-state index contributed by atoms with van der Waals surface area (Å²) in [6.07, 6.45) is 1.15. The average molecular weight is 345 g/mol. The first-order valence-corrected chi connectivity index (χ1v) is 7.21. The molecule has 0 bridgehead atoms. The highest BCUT2D eigenvalue weighted by Crippen LogP contribution is 2.11. The number of carbonyl (C=O) groups is 3. The molecule has 1 aromatic carbocycles. The molecule has 1 amide bonds. The molecule has 9 heteroatoms. The van der Waals surface area contributed by atoms with Crippen molar-refractivity contribution in [3.05, 3.63) is 62.9 Å². The van der Waals surface area contributed by atoms with Gasteiger partial charge in [0, 0.05) is 23.5 Å². The highest BCUT2D eigenvalue weighted by atomic mass is 16.5. The van der Waals surface area contributed by atoms with Crippen LogP contribution in [-0.2, 0) is 20.9 Å². The van der Waals surface area contributed by atoms with Gasteiger partial charge in [-0.2, -0.15) is 0 Å². The summed E-state index contributed by atoms with van der Waals surface area (Å²) >= 11 is 0. The van der Waals surface area contributed by atoms with Gasteiger partial charge in [-0.25, -0.2) is 4.79 Å². The van der Waals surface area contributed by atoms with Gasteiger partial charge in [0.15, 0.2) is 12.4 Å². The Morgan fingerprint density at radius 2 is 1.96 bits per heavy atom. The van der Waals surface area contributed by atoms with Crippen molar-refractivity contribution in [1.82, 2.24) is 9.55 Å². The van der Waals surface area contributed by atoms with E-state index >= 15 is 0 Å². The van der Waals surface area contributed by atoms with Crippen molar-refractivity contribution in [3.8, 4) is 0 Å². The third kappa shape index (κ3) is 5.27. The molecule has 0 unspecified atom stereocenters. The van der Waals surface area contributed by atoms with Gasteiger partial charge in [0.25, 0.3) is 11.5 Å². The minimum atomic E-state index is -0.818. The van der Waals surface area contributed by atoms with Gasteiger partial charge in [0.05, 0.1) is 0 Å². The Bertz CT molecular complexity index is 928. The lowest BCUT2D eigenvalue weighted by atomic mass is 10.1. The van der Waals surface area contributed by atoms with Crippen molar-refractivity contribution in [3.63, 3.8) is 0 Å². The van der Waals surface area contributed by atoms with E-state index in [9.17, 15) is 24.0 Å². The maximum absolute atomic E-state index is 11.8. The van der Waals surface area contributed by atoms with Crippen LogP contribution in [0.2, 0.25) is 0 Å². The molecule has 0 atom stereocenters. The van der Waals surface area contributed by atoms with Gasteiger partial charge in [0.1, 0.15) is 6.54 Å². The van der Waals surface area contributed by atoms with E-state index in [-0.39, 0.29) is 5.78 Å². The second-order valence-electron chi connectivity index (χ2n) is 5.08. The zero-order chi connectivity index (χ0) is 18.4. The van der Waals surface area contributed by atoms with Gasteiger partial charge in [0.2, 0.25) is 0 Å². The molecule has 0 saturated heterocycles. The van der Waals surface area contributed by atoms with Crippen molar-refractivity contribution in [1.29, 1.82) is 0 Å². The van der Waals surface area contributed by atoms with Gasteiger partial charge >= 0.3 is 11.7 Å². The summed E-state index contributed by atoms with van der Waals surface area (Å²) in [5, 5.41) is 2.49. The topological polar surface area (TPSA) is 127 Å². The van der Waals surface area contributed by atoms with E-state index in [4.69, 9.17) is 4.74 Å². The van der Waals surface area contributed by atoms with Gasteiger partial charge in [-0.3, -0.25) is 28.7 Å². The summed E-state index contributed by atoms with van der Waals surface area (Å²) < 4.78 is 5.72. The molecular formula is C16H15N3O6. The summed E-state index contributed by atoms with van der Waals surface area (Å²) in [7, 11) is 0.